The Kier molecular flexibility index (Phi) is 10.2. The minimum atomic E-state index is -1.000. The molecule has 5 aromatic carbocycles. The van der Waals surface area contributed by atoms with E-state index in [1.54, 1.807) is 0 Å². The van der Waals surface area contributed by atoms with E-state index in [0.29, 0.717) is 24.0 Å². The number of carbonyl (C=O) groups is 2. The van der Waals surface area contributed by atoms with Crippen LogP contribution in [0.1, 0.15) is 50.8 Å². The number of hydrogen-bond acceptors (Lipinski definition) is 3. The second-order valence-corrected chi connectivity index (χ2v) is 12.9. The van der Waals surface area contributed by atoms with Crippen molar-refractivity contribution in [2.75, 3.05) is 6.61 Å². The van der Waals surface area contributed by atoms with Gasteiger partial charge in [-0.1, -0.05) is 107 Å². The molecule has 0 spiro atoms. The molecule has 0 saturated carbocycles. The average Bonchev–Trinajstić information content (AvgIpc) is 3.02. The van der Waals surface area contributed by atoms with Gasteiger partial charge < -0.3 is 14.9 Å². The summed E-state index contributed by atoms with van der Waals surface area (Å²) in [6, 6.07) is 33.9. The molecule has 0 atom stereocenters. The average molecular weight is 615 g/mol. The van der Waals surface area contributed by atoms with Crippen LogP contribution in [0.15, 0.2) is 97.1 Å². The fourth-order valence-electron chi connectivity index (χ4n) is 6.22. The molecular weight excluding hydrogens is 572 g/mol. The maximum absolute atomic E-state index is 11.3. The lowest BCUT2D eigenvalue weighted by molar-refractivity contribution is -0.139. The molecule has 5 aromatic rings. The predicted molar refractivity (Wildman–Crippen MR) is 186 cm³/mol. The molecule has 0 unspecified atom stereocenters. The molecule has 5 rings (SSSR count). The Balaban J connectivity index is 1.70. The minimum absolute atomic E-state index is 0.110. The zero-order valence-corrected chi connectivity index (χ0v) is 27.0. The number of ether oxygens (including phenoxy) is 1. The van der Waals surface area contributed by atoms with Gasteiger partial charge >= 0.3 is 11.9 Å². The van der Waals surface area contributed by atoms with Crippen LogP contribution in [0.5, 0.6) is 5.75 Å². The van der Waals surface area contributed by atoms with Crippen LogP contribution in [-0.4, -0.2) is 28.8 Å². The molecule has 0 amide bonds. The van der Waals surface area contributed by atoms with Crippen molar-refractivity contribution in [3.63, 3.8) is 0 Å². The number of aliphatic carboxylic acids is 2. The van der Waals surface area contributed by atoms with E-state index in [4.69, 9.17) is 4.74 Å². The Morgan fingerprint density at radius 3 is 2.04 bits per heavy atom. The summed E-state index contributed by atoms with van der Waals surface area (Å²) in [4.78, 5) is 22.5. The van der Waals surface area contributed by atoms with Crippen molar-refractivity contribution in [3.8, 4) is 39.1 Å². The fraction of sp³-hybridized carbons (Fsp3) is 0.268. The number of hydrogen-bond donors (Lipinski definition) is 2. The van der Waals surface area contributed by atoms with Gasteiger partial charge in [0, 0.05) is 6.42 Å². The Bertz CT molecular complexity index is 1860. The smallest absolute Gasteiger partial charge is 0.341 e. The molecule has 0 aliphatic carbocycles. The van der Waals surface area contributed by atoms with E-state index in [0.717, 1.165) is 62.7 Å². The van der Waals surface area contributed by atoms with Gasteiger partial charge in [-0.25, -0.2) is 4.79 Å². The van der Waals surface area contributed by atoms with Gasteiger partial charge in [-0.3, -0.25) is 4.79 Å². The molecule has 0 radical (unpaired) electrons. The second-order valence-electron chi connectivity index (χ2n) is 12.9. The summed E-state index contributed by atoms with van der Waals surface area (Å²) >= 11 is 0. The summed E-state index contributed by atoms with van der Waals surface area (Å²) in [7, 11) is 0. The Morgan fingerprint density at radius 2 is 1.30 bits per heavy atom. The molecule has 5 nitrogen and oxygen atoms in total. The Labute approximate surface area is 271 Å². The normalized spacial score (nSPS) is 11.3. The molecule has 5 heteroatoms. The summed E-state index contributed by atoms with van der Waals surface area (Å²) in [6.45, 7) is 8.32. The van der Waals surface area contributed by atoms with Crippen molar-refractivity contribution in [1.82, 2.24) is 0 Å². The van der Waals surface area contributed by atoms with E-state index in [1.165, 1.54) is 10.9 Å². The molecule has 2 N–H and O–H groups in total. The summed E-state index contributed by atoms with van der Waals surface area (Å²) < 4.78 is 5.69. The predicted octanol–water partition coefficient (Wildman–Crippen LogP) is 9.72. The lowest BCUT2D eigenvalue weighted by atomic mass is 9.86. The highest BCUT2D eigenvalue weighted by Gasteiger charge is 2.17. The molecule has 0 aliphatic rings. The zero-order chi connectivity index (χ0) is 32.8. The number of fused-ring (bicyclic) bond motifs is 1. The van der Waals surface area contributed by atoms with Crippen LogP contribution in [0.4, 0.5) is 0 Å². The molecule has 0 heterocycles. The second kappa shape index (κ2) is 14.5. The van der Waals surface area contributed by atoms with E-state index >= 15 is 0 Å². The van der Waals surface area contributed by atoms with Crippen LogP contribution in [0.2, 0.25) is 0 Å². The van der Waals surface area contributed by atoms with Crippen LogP contribution in [-0.2, 0) is 28.9 Å². The number of rotatable bonds is 13. The van der Waals surface area contributed by atoms with E-state index in [2.05, 4.69) is 113 Å². The van der Waals surface area contributed by atoms with Gasteiger partial charge in [-0.05, 0) is 110 Å². The van der Waals surface area contributed by atoms with E-state index in [1.807, 2.05) is 12.1 Å². The lowest BCUT2D eigenvalue weighted by Gasteiger charge is -2.19. The lowest BCUT2D eigenvalue weighted by Crippen LogP contribution is -2.11. The van der Waals surface area contributed by atoms with Crippen molar-refractivity contribution >= 4 is 22.7 Å². The maximum atomic E-state index is 11.3. The van der Waals surface area contributed by atoms with E-state index in [9.17, 15) is 19.8 Å². The molecule has 236 valence electrons. The van der Waals surface area contributed by atoms with Gasteiger partial charge in [0.1, 0.15) is 5.75 Å². The fourth-order valence-corrected chi connectivity index (χ4v) is 6.22. The van der Waals surface area contributed by atoms with Gasteiger partial charge in [-0.2, -0.15) is 0 Å². The molecular formula is C41H42O5. The standard InChI is InChI=1S/C41H42O5/c1-26(2)20-32-22-28(13-19-40(42)43)12-16-34(32)31-14-17-36(38(24-31)37-11-7-9-29-8-5-6-10-35(29)37)30-15-18-39(46-25-41(44)45)33(23-30)21-27(3)4/h5-12,14-18,22-24,26-27H,13,19-21,25H2,1-4H3,(H,42,43)(H,44,45). The van der Waals surface area contributed by atoms with E-state index < -0.39 is 11.9 Å². The van der Waals surface area contributed by atoms with E-state index in [-0.39, 0.29) is 13.0 Å². The van der Waals surface area contributed by atoms with Crippen LogP contribution in [0.25, 0.3) is 44.2 Å². The Hall–Kier alpha value is -4.90. The zero-order valence-electron chi connectivity index (χ0n) is 27.0. The minimum Gasteiger partial charge on any atom is -0.482 e. The van der Waals surface area contributed by atoms with Crippen molar-refractivity contribution < 1.29 is 24.5 Å². The van der Waals surface area contributed by atoms with Crippen LogP contribution in [0.3, 0.4) is 0 Å². The third-order valence-electron chi connectivity index (χ3n) is 8.19. The van der Waals surface area contributed by atoms with Gasteiger partial charge in [0.25, 0.3) is 0 Å². The molecule has 46 heavy (non-hydrogen) atoms. The number of benzene rings is 5. The monoisotopic (exact) mass is 614 g/mol. The molecule has 0 fully saturated rings. The van der Waals surface area contributed by atoms with Gasteiger partial charge in [-0.15, -0.1) is 0 Å². The first-order chi connectivity index (χ1) is 22.1. The summed E-state index contributed by atoms with van der Waals surface area (Å²) in [5.74, 6) is -0.390. The highest BCUT2D eigenvalue weighted by atomic mass is 16.5. The van der Waals surface area contributed by atoms with Crippen molar-refractivity contribution in [2.24, 2.45) is 11.8 Å². The van der Waals surface area contributed by atoms with Crippen LogP contribution < -0.4 is 4.74 Å². The first kappa shape index (κ1) is 32.5. The van der Waals surface area contributed by atoms with Crippen LogP contribution in [0, 0.1) is 11.8 Å². The SMILES string of the molecule is CC(C)Cc1cc(-c2ccc(-c3ccc(CCC(=O)O)cc3CC(C)C)cc2-c2cccc3ccccc23)ccc1OCC(=O)O. The van der Waals surface area contributed by atoms with Crippen molar-refractivity contribution in [3.05, 3.63) is 114 Å². The van der Waals surface area contributed by atoms with Crippen molar-refractivity contribution in [2.45, 2.75) is 53.4 Å². The summed E-state index contributed by atoms with van der Waals surface area (Å²) in [6.07, 6.45) is 2.26. The largest absolute Gasteiger partial charge is 0.482 e. The number of carboxylic acids is 2. The molecule has 0 aliphatic heterocycles. The van der Waals surface area contributed by atoms with Gasteiger partial charge in [0.15, 0.2) is 6.61 Å². The first-order valence-electron chi connectivity index (χ1n) is 16.0. The third kappa shape index (κ3) is 7.84. The number of aryl methyl sites for hydroxylation is 1. The molecule has 0 aromatic heterocycles. The Morgan fingerprint density at radius 1 is 0.630 bits per heavy atom. The third-order valence-corrected chi connectivity index (χ3v) is 8.19. The highest BCUT2D eigenvalue weighted by molar-refractivity contribution is 6.01. The van der Waals surface area contributed by atoms with Gasteiger partial charge in [0.05, 0.1) is 0 Å². The highest BCUT2D eigenvalue weighted by Crippen LogP contribution is 2.41. The number of carboxylic acid groups (broad SMARTS) is 2. The van der Waals surface area contributed by atoms with Crippen molar-refractivity contribution in [1.29, 1.82) is 0 Å². The maximum Gasteiger partial charge on any atom is 0.341 e. The first-order valence-corrected chi connectivity index (χ1v) is 16.0. The van der Waals surface area contributed by atoms with Crippen LogP contribution >= 0.6 is 0 Å². The van der Waals surface area contributed by atoms with Gasteiger partial charge in [0.2, 0.25) is 0 Å². The molecule has 0 saturated heterocycles. The summed E-state index contributed by atoms with van der Waals surface area (Å²) in [5, 5.41) is 20.8. The quantitative estimate of drug-likeness (QED) is 0.138. The molecule has 0 bridgehead atoms. The summed E-state index contributed by atoms with van der Waals surface area (Å²) in [5.41, 5.74) is 9.86. The topological polar surface area (TPSA) is 83.8 Å².